The molecule has 1 aliphatic rings. The average molecular weight is 313 g/mol. The normalized spacial score (nSPS) is 17.0. The highest BCUT2D eigenvalue weighted by Gasteiger charge is 2.17. The lowest BCUT2D eigenvalue weighted by Crippen LogP contribution is -2.02. The monoisotopic (exact) mass is 313 g/mol. The lowest BCUT2D eigenvalue weighted by molar-refractivity contribution is 0.618. The van der Waals surface area contributed by atoms with Crippen LogP contribution < -0.4 is 5.73 Å². The highest BCUT2D eigenvalue weighted by molar-refractivity contribution is 5.96. The Bertz CT molecular complexity index is 699. The summed E-state index contributed by atoms with van der Waals surface area (Å²) in [5, 5.41) is 6.88. The Morgan fingerprint density at radius 1 is 1.35 bits per heavy atom. The molecule has 3 N–H and O–H groups in total. The van der Waals surface area contributed by atoms with Crippen LogP contribution in [0.5, 0.6) is 0 Å². The van der Waals surface area contributed by atoms with Gasteiger partial charge < -0.3 is 5.73 Å². The molecular weight excluding hydrogens is 289 g/mol. The summed E-state index contributed by atoms with van der Waals surface area (Å²) < 4.78 is 13.5. The van der Waals surface area contributed by atoms with E-state index in [0.717, 1.165) is 24.1 Å². The number of nitrogens with two attached hydrogens (primary N) is 1. The lowest BCUT2D eigenvalue weighted by Gasteiger charge is -2.20. The van der Waals surface area contributed by atoms with Gasteiger partial charge in [0.1, 0.15) is 5.82 Å². The van der Waals surface area contributed by atoms with E-state index in [-0.39, 0.29) is 5.82 Å². The SMILES string of the molecule is CCN.Cc1cc(C2=C(c3cn[nH]c3)C=CC(C)C2)ccc1F. The summed E-state index contributed by atoms with van der Waals surface area (Å²) in [6, 6.07) is 5.34. The summed E-state index contributed by atoms with van der Waals surface area (Å²) in [5.74, 6) is 0.338. The van der Waals surface area contributed by atoms with Gasteiger partial charge in [-0.05, 0) is 60.2 Å². The lowest BCUT2D eigenvalue weighted by atomic mass is 9.84. The summed E-state index contributed by atoms with van der Waals surface area (Å²) in [7, 11) is 0. The molecule has 1 unspecified atom stereocenters. The largest absolute Gasteiger partial charge is 0.331 e. The van der Waals surface area contributed by atoms with Crippen molar-refractivity contribution in [1.82, 2.24) is 10.2 Å². The quantitative estimate of drug-likeness (QED) is 0.867. The Balaban J connectivity index is 0.000000595. The predicted molar refractivity (Wildman–Crippen MR) is 94.2 cm³/mol. The van der Waals surface area contributed by atoms with E-state index in [1.165, 1.54) is 11.1 Å². The number of nitrogens with one attached hydrogen (secondary N) is 1. The Morgan fingerprint density at radius 3 is 2.70 bits per heavy atom. The number of aryl methyl sites for hydroxylation is 1. The maximum Gasteiger partial charge on any atom is 0.126 e. The Labute approximate surface area is 137 Å². The van der Waals surface area contributed by atoms with Crippen molar-refractivity contribution in [3.63, 3.8) is 0 Å². The number of benzene rings is 1. The van der Waals surface area contributed by atoms with Crippen LogP contribution in [-0.2, 0) is 0 Å². The first-order chi connectivity index (χ1) is 11.1. The van der Waals surface area contributed by atoms with Crippen LogP contribution in [0, 0.1) is 18.7 Å². The molecule has 1 aromatic carbocycles. The molecule has 1 aromatic heterocycles. The second-order valence-electron chi connectivity index (χ2n) is 5.79. The Morgan fingerprint density at radius 2 is 2.09 bits per heavy atom. The molecule has 0 fully saturated rings. The third-order valence-corrected chi connectivity index (χ3v) is 3.76. The van der Waals surface area contributed by atoms with Gasteiger partial charge in [-0.1, -0.05) is 32.1 Å². The number of nitrogens with zero attached hydrogens (tertiary/aromatic N) is 1. The molecule has 0 spiro atoms. The Kier molecular flexibility index (Phi) is 5.88. The zero-order chi connectivity index (χ0) is 16.8. The van der Waals surface area contributed by atoms with Gasteiger partial charge in [-0.25, -0.2) is 4.39 Å². The molecule has 4 heteroatoms. The van der Waals surface area contributed by atoms with Gasteiger partial charge in [-0.2, -0.15) is 5.10 Å². The predicted octanol–water partition coefficient (Wildman–Crippen LogP) is 4.33. The third-order valence-electron chi connectivity index (χ3n) is 3.76. The number of aromatic amines is 1. The van der Waals surface area contributed by atoms with Crippen molar-refractivity contribution in [3.8, 4) is 0 Å². The van der Waals surface area contributed by atoms with Crippen molar-refractivity contribution in [1.29, 1.82) is 0 Å². The van der Waals surface area contributed by atoms with Crippen LogP contribution in [0.3, 0.4) is 0 Å². The van der Waals surface area contributed by atoms with Gasteiger partial charge in [0, 0.05) is 11.8 Å². The van der Waals surface area contributed by atoms with E-state index in [1.807, 2.05) is 31.5 Å². The molecule has 0 bridgehead atoms. The summed E-state index contributed by atoms with van der Waals surface area (Å²) >= 11 is 0. The number of rotatable bonds is 2. The first-order valence-corrected chi connectivity index (χ1v) is 7.93. The van der Waals surface area contributed by atoms with Crippen LogP contribution in [-0.4, -0.2) is 16.7 Å². The van der Waals surface area contributed by atoms with Crippen LogP contribution in [0.2, 0.25) is 0 Å². The topological polar surface area (TPSA) is 54.7 Å². The summed E-state index contributed by atoms with van der Waals surface area (Å²) in [6.07, 6.45) is 9.04. The van der Waals surface area contributed by atoms with Crippen molar-refractivity contribution in [2.45, 2.75) is 27.2 Å². The van der Waals surface area contributed by atoms with E-state index in [9.17, 15) is 4.39 Å². The van der Waals surface area contributed by atoms with Gasteiger partial charge in [-0.15, -0.1) is 0 Å². The maximum atomic E-state index is 13.5. The van der Waals surface area contributed by atoms with Crippen molar-refractivity contribution < 1.29 is 4.39 Å². The fourth-order valence-corrected chi connectivity index (χ4v) is 2.64. The van der Waals surface area contributed by atoms with Gasteiger partial charge in [0.2, 0.25) is 0 Å². The molecule has 0 radical (unpaired) electrons. The fraction of sp³-hybridized carbons (Fsp3) is 0.316. The fourth-order valence-electron chi connectivity index (χ4n) is 2.64. The molecule has 1 atom stereocenters. The highest BCUT2D eigenvalue weighted by Crippen LogP contribution is 2.36. The molecule has 0 saturated carbocycles. The van der Waals surface area contributed by atoms with Crippen molar-refractivity contribution >= 4 is 11.1 Å². The smallest absolute Gasteiger partial charge is 0.126 e. The molecule has 0 aliphatic heterocycles. The van der Waals surface area contributed by atoms with Gasteiger partial charge in [0.15, 0.2) is 0 Å². The summed E-state index contributed by atoms with van der Waals surface area (Å²) in [5.41, 5.74) is 10.1. The number of hydrogen-bond acceptors (Lipinski definition) is 2. The van der Waals surface area contributed by atoms with Crippen molar-refractivity contribution in [2.75, 3.05) is 6.54 Å². The molecular formula is C19H24FN3. The first kappa shape index (κ1) is 17.2. The molecule has 1 heterocycles. The number of allylic oxidation sites excluding steroid dienone is 4. The summed E-state index contributed by atoms with van der Waals surface area (Å²) in [6.45, 7) is 6.65. The number of hydrogen-bond donors (Lipinski definition) is 2. The first-order valence-electron chi connectivity index (χ1n) is 7.93. The minimum Gasteiger partial charge on any atom is -0.331 e. The van der Waals surface area contributed by atoms with Gasteiger partial charge in [-0.3, -0.25) is 5.10 Å². The van der Waals surface area contributed by atoms with Crippen LogP contribution >= 0.6 is 0 Å². The molecule has 1 aliphatic carbocycles. The van der Waals surface area contributed by atoms with E-state index in [0.29, 0.717) is 11.5 Å². The molecule has 2 aromatic rings. The van der Waals surface area contributed by atoms with Crippen molar-refractivity contribution in [2.24, 2.45) is 11.7 Å². The van der Waals surface area contributed by atoms with Crippen LogP contribution in [0.15, 0.2) is 42.7 Å². The standard InChI is InChI=1S/C17H17FN2.C2H7N/c1-11-3-5-15(14-9-19-20-10-14)16(7-11)13-4-6-17(18)12(2)8-13;1-2-3/h3-6,8-11H,7H2,1-2H3,(H,19,20);2-3H2,1H3. The van der Waals surface area contributed by atoms with Crippen molar-refractivity contribution in [3.05, 3.63) is 65.3 Å². The van der Waals surface area contributed by atoms with E-state index in [2.05, 4.69) is 29.3 Å². The molecule has 0 saturated heterocycles. The molecule has 122 valence electrons. The molecule has 0 amide bonds. The maximum absolute atomic E-state index is 13.5. The van der Waals surface area contributed by atoms with E-state index >= 15 is 0 Å². The average Bonchev–Trinajstić information content (AvgIpc) is 3.05. The van der Waals surface area contributed by atoms with Gasteiger partial charge >= 0.3 is 0 Å². The number of H-pyrrole nitrogens is 1. The molecule has 3 nitrogen and oxygen atoms in total. The zero-order valence-corrected chi connectivity index (χ0v) is 13.9. The van der Waals surface area contributed by atoms with Gasteiger partial charge in [0.25, 0.3) is 0 Å². The highest BCUT2D eigenvalue weighted by atomic mass is 19.1. The summed E-state index contributed by atoms with van der Waals surface area (Å²) in [4.78, 5) is 0. The second kappa shape index (κ2) is 7.88. The van der Waals surface area contributed by atoms with E-state index < -0.39 is 0 Å². The third kappa shape index (κ3) is 4.17. The van der Waals surface area contributed by atoms with Gasteiger partial charge in [0.05, 0.1) is 6.20 Å². The van der Waals surface area contributed by atoms with E-state index in [4.69, 9.17) is 5.73 Å². The Hall–Kier alpha value is -2.20. The van der Waals surface area contributed by atoms with Crippen LogP contribution in [0.25, 0.3) is 11.1 Å². The van der Waals surface area contributed by atoms with E-state index in [1.54, 1.807) is 13.0 Å². The molecule has 3 rings (SSSR count). The van der Waals surface area contributed by atoms with Crippen LogP contribution in [0.4, 0.5) is 4.39 Å². The number of aromatic nitrogens is 2. The zero-order valence-electron chi connectivity index (χ0n) is 13.9. The van der Waals surface area contributed by atoms with Crippen LogP contribution in [0.1, 0.15) is 37.0 Å². The number of halogens is 1. The second-order valence-corrected chi connectivity index (χ2v) is 5.79. The minimum atomic E-state index is -0.154. The minimum absolute atomic E-state index is 0.154. The molecule has 23 heavy (non-hydrogen) atoms.